The molecule has 1 saturated carbocycles. The molecule has 0 spiro atoms. The number of nitrogens with zero attached hydrogens (tertiary/aromatic N) is 1. The number of nitrogens with one attached hydrogen (secondary N) is 1. The van der Waals surface area contributed by atoms with Crippen LogP contribution in [-0.4, -0.2) is 31.7 Å². The summed E-state index contributed by atoms with van der Waals surface area (Å²) in [6, 6.07) is 4.93. The van der Waals surface area contributed by atoms with E-state index in [0.29, 0.717) is 12.5 Å². The molecule has 0 saturated heterocycles. The molecule has 110 valence electrons. The Bertz CT molecular complexity index is 472. The van der Waals surface area contributed by atoms with E-state index in [9.17, 15) is 10.1 Å². The van der Waals surface area contributed by atoms with Gasteiger partial charge in [0.15, 0.2) is 5.75 Å². The molecule has 0 aliphatic heterocycles. The van der Waals surface area contributed by atoms with Crippen molar-refractivity contribution in [2.24, 2.45) is 5.92 Å². The van der Waals surface area contributed by atoms with Gasteiger partial charge in [0, 0.05) is 6.07 Å². The van der Waals surface area contributed by atoms with Crippen LogP contribution in [0.3, 0.4) is 0 Å². The van der Waals surface area contributed by atoms with Crippen LogP contribution in [-0.2, 0) is 11.3 Å². The van der Waals surface area contributed by atoms with Gasteiger partial charge in [0.25, 0.3) is 0 Å². The maximum Gasteiger partial charge on any atom is 0.311 e. The average molecular weight is 280 g/mol. The summed E-state index contributed by atoms with van der Waals surface area (Å²) in [5.74, 6) is 0.965. The molecule has 0 unspecified atom stereocenters. The number of hydrogen-bond acceptors (Lipinski definition) is 5. The van der Waals surface area contributed by atoms with Crippen molar-refractivity contribution < 1.29 is 14.4 Å². The maximum absolute atomic E-state index is 10.9. The van der Waals surface area contributed by atoms with E-state index in [-0.39, 0.29) is 17.5 Å². The van der Waals surface area contributed by atoms with Crippen LogP contribution < -0.4 is 10.1 Å². The van der Waals surface area contributed by atoms with Crippen LogP contribution in [0.15, 0.2) is 18.2 Å². The molecule has 6 nitrogen and oxygen atoms in total. The van der Waals surface area contributed by atoms with Crippen LogP contribution in [0.1, 0.15) is 18.4 Å². The fourth-order valence-corrected chi connectivity index (χ4v) is 2.45. The molecule has 2 rings (SSSR count). The highest BCUT2D eigenvalue weighted by Gasteiger charge is 2.29. The Morgan fingerprint density at radius 1 is 1.45 bits per heavy atom. The fourth-order valence-electron chi connectivity index (χ4n) is 2.45. The van der Waals surface area contributed by atoms with Crippen molar-refractivity contribution in [3.05, 3.63) is 33.9 Å². The van der Waals surface area contributed by atoms with Gasteiger partial charge in [0.1, 0.15) is 0 Å². The fraction of sp³-hybridized carbons (Fsp3) is 0.571. The lowest BCUT2D eigenvalue weighted by molar-refractivity contribution is -0.385. The Morgan fingerprint density at radius 2 is 2.20 bits per heavy atom. The molecule has 0 radical (unpaired) electrons. The number of nitro groups is 1. The average Bonchev–Trinajstić information content (AvgIpc) is 2.40. The van der Waals surface area contributed by atoms with Crippen molar-refractivity contribution in [2.75, 3.05) is 20.7 Å². The lowest BCUT2D eigenvalue weighted by Crippen LogP contribution is -2.36. The molecule has 1 aromatic rings. The standard InChI is InChI=1S/C14H20N2O4/c1-15-8-11-5-12(6-11)20-9-10-3-4-14(19-2)13(7-10)16(17)18/h3-4,7,11-12,15H,5-6,8-9H2,1-2H3. The first-order chi connectivity index (χ1) is 9.63. The molecule has 0 amide bonds. The van der Waals surface area contributed by atoms with Crippen LogP contribution in [0.2, 0.25) is 0 Å². The van der Waals surface area contributed by atoms with E-state index in [1.165, 1.54) is 13.2 Å². The van der Waals surface area contributed by atoms with Crippen LogP contribution in [0.5, 0.6) is 5.75 Å². The summed E-state index contributed by atoms with van der Waals surface area (Å²) >= 11 is 0. The normalized spacial score (nSPS) is 21.3. The Balaban J connectivity index is 1.88. The lowest BCUT2D eigenvalue weighted by atomic mass is 9.82. The van der Waals surface area contributed by atoms with Crippen molar-refractivity contribution in [1.29, 1.82) is 0 Å². The minimum Gasteiger partial charge on any atom is -0.490 e. The molecule has 6 heteroatoms. The van der Waals surface area contributed by atoms with Gasteiger partial charge in [-0.2, -0.15) is 0 Å². The smallest absolute Gasteiger partial charge is 0.311 e. The lowest BCUT2D eigenvalue weighted by Gasteiger charge is -2.35. The van der Waals surface area contributed by atoms with Crippen molar-refractivity contribution >= 4 is 5.69 Å². The molecule has 1 aliphatic rings. The highest BCUT2D eigenvalue weighted by atomic mass is 16.6. The minimum absolute atomic E-state index is 0.0183. The molecular formula is C14H20N2O4. The zero-order chi connectivity index (χ0) is 14.5. The predicted molar refractivity (Wildman–Crippen MR) is 74.9 cm³/mol. The van der Waals surface area contributed by atoms with Crippen molar-refractivity contribution in [3.63, 3.8) is 0 Å². The number of ether oxygens (including phenoxy) is 2. The number of rotatable bonds is 7. The van der Waals surface area contributed by atoms with Crippen LogP contribution in [0.4, 0.5) is 5.69 Å². The molecular weight excluding hydrogens is 260 g/mol. The first-order valence-corrected chi connectivity index (χ1v) is 6.71. The number of hydrogen-bond donors (Lipinski definition) is 1. The molecule has 1 aliphatic carbocycles. The van der Waals surface area contributed by atoms with Gasteiger partial charge >= 0.3 is 5.69 Å². The van der Waals surface area contributed by atoms with Gasteiger partial charge in [-0.3, -0.25) is 10.1 Å². The Labute approximate surface area is 118 Å². The summed E-state index contributed by atoms with van der Waals surface area (Å²) in [5, 5.41) is 14.1. The Kier molecular flexibility index (Phi) is 4.92. The monoisotopic (exact) mass is 280 g/mol. The highest BCUT2D eigenvalue weighted by Crippen LogP contribution is 2.31. The molecule has 1 N–H and O–H groups in total. The zero-order valence-corrected chi connectivity index (χ0v) is 11.8. The molecule has 0 bridgehead atoms. The second-order valence-corrected chi connectivity index (χ2v) is 5.09. The third-order valence-electron chi connectivity index (χ3n) is 3.61. The quantitative estimate of drug-likeness (QED) is 0.611. The second kappa shape index (κ2) is 6.67. The van der Waals surface area contributed by atoms with E-state index in [1.54, 1.807) is 12.1 Å². The van der Waals surface area contributed by atoms with Crippen LogP contribution in [0.25, 0.3) is 0 Å². The molecule has 0 atom stereocenters. The van der Waals surface area contributed by atoms with Gasteiger partial charge in [0.05, 0.1) is 24.7 Å². The first-order valence-electron chi connectivity index (χ1n) is 6.71. The van der Waals surface area contributed by atoms with Gasteiger partial charge in [-0.15, -0.1) is 0 Å². The molecule has 0 aromatic heterocycles. The molecule has 20 heavy (non-hydrogen) atoms. The van der Waals surface area contributed by atoms with E-state index >= 15 is 0 Å². The van der Waals surface area contributed by atoms with E-state index in [0.717, 1.165) is 24.9 Å². The summed E-state index contributed by atoms with van der Waals surface area (Å²) in [5.41, 5.74) is 0.782. The molecule has 0 heterocycles. The third kappa shape index (κ3) is 3.46. The second-order valence-electron chi connectivity index (χ2n) is 5.09. The SMILES string of the molecule is CNCC1CC(OCc2ccc(OC)c([N+](=O)[O-])c2)C1. The number of methoxy groups -OCH3 is 1. The summed E-state index contributed by atoms with van der Waals surface area (Å²) in [7, 11) is 3.37. The largest absolute Gasteiger partial charge is 0.490 e. The van der Waals surface area contributed by atoms with Crippen molar-refractivity contribution in [1.82, 2.24) is 5.32 Å². The van der Waals surface area contributed by atoms with Gasteiger partial charge in [-0.05, 0) is 44.0 Å². The molecule has 1 fully saturated rings. The van der Waals surface area contributed by atoms with E-state index in [2.05, 4.69) is 5.32 Å². The van der Waals surface area contributed by atoms with Gasteiger partial charge in [-0.25, -0.2) is 0 Å². The zero-order valence-electron chi connectivity index (χ0n) is 11.8. The molecule has 1 aromatic carbocycles. The third-order valence-corrected chi connectivity index (χ3v) is 3.61. The number of nitro benzene ring substituents is 1. The van der Waals surface area contributed by atoms with Crippen molar-refractivity contribution in [3.8, 4) is 5.75 Å². The Hall–Kier alpha value is -1.66. The van der Waals surface area contributed by atoms with E-state index < -0.39 is 4.92 Å². The predicted octanol–water partition coefficient (Wildman–Crippen LogP) is 2.12. The Morgan fingerprint density at radius 3 is 2.80 bits per heavy atom. The van der Waals surface area contributed by atoms with Gasteiger partial charge < -0.3 is 14.8 Å². The van der Waals surface area contributed by atoms with Gasteiger partial charge in [-0.1, -0.05) is 6.07 Å². The topological polar surface area (TPSA) is 73.6 Å². The highest BCUT2D eigenvalue weighted by molar-refractivity contribution is 5.48. The first kappa shape index (κ1) is 14.7. The summed E-state index contributed by atoms with van der Waals surface area (Å²) < 4.78 is 10.7. The number of benzene rings is 1. The summed E-state index contributed by atoms with van der Waals surface area (Å²) in [4.78, 5) is 10.5. The van der Waals surface area contributed by atoms with E-state index in [1.807, 2.05) is 7.05 Å². The van der Waals surface area contributed by atoms with Gasteiger partial charge in [0.2, 0.25) is 0 Å². The summed E-state index contributed by atoms with van der Waals surface area (Å²) in [6.45, 7) is 1.43. The van der Waals surface area contributed by atoms with E-state index in [4.69, 9.17) is 9.47 Å². The summed E-state index contributed by atoms with van der Waals surface area (Å²) in [6.07, 6.45) is 2.38. The van der Waals surface area contributed by atoms with Crippen molar-refractivity contribution in [2.45, 2.75) is 25.6 Å². The van der Waals surface area contributed by atoms with Crippen LogP contribution >= 0.6 is 0 Å². The van der Waals surface area contributed by atoms with Crippen LogP contribution in [0, 0.1) is 16.0 Å². The minimum atomic E-state index is -0.436. The maximum atomic E-state index is 10.9.